The largest absolute Gasteiger partial charge is 0.291 e. The number of thiazole rings is 1. The van der Waals surface area contributed by atoms with Crippen LogP contribution in [-0.4, -0.2) is 10.8 Å². The van der Waals surface area contributed by atoms with Crippen molar-refractivity contribution in [2.24, 2.45) is 11.8 Å². The Labute approximate surface area is 69.3 Å². The molecule has 1 heterocycles. The predicted octanol–water partition coefficient (Wildman–Crippen LogP) is 1.98. The second-order valence-corrected chi connectivity index (χ2v) is 3.92. The highest BCUT2D eigenvalue weighted by Gasteiger charge is 2.40. The van der Waals surface area contributed by atoms with Crippen LogP contribution in [0.25, 0.3) is 0 Å². The van der Waals surface area contributed by atoms with Crippen LogP contribution in [0, 0.1) is 11.8 Å². The number of rotatable bonds is 2. The number of Topliss-reactive ketones (excluding diaryl/α,β-unsaturated/α-hetero) is 1. The van der Waals surface area contributed by atoms with Crippen molar-refractivity contribution in [3.05, 3.63) is 16.6 Å². The van der Waals surface area contributed by atoms with Gasteiger partial charge in [0.1, 0.15) is 0 Å². The second-order valence-electron chi connectivity index (χ2n) is 3.02. The van der Waals surface area contributed by atoms with Gasteiger partial charge in [0, 0.05) is 17.5 Å². The summed E-state index contributed by atoms with van der Waals surface area (Å²) in [6.45, 7) is 2.11. The number of carbonyl (C=O) groups is 1. The number of carbonyl (C=O) groups excluding carboxylic acids is 1. The van der Waals surface area contributed by atoms with Crippen molar-refractivity contribution >= 4 is 17.1 Å². The van der Waals surface area contributed by atoms with Gasteiger partial charge in [0.15, 0.2) is 10.8 Å². The molecule has 1 aliphatic carbocycles. The number of nitrogens with zero attached hydrogens (tertiary/aromatic N) is 1. The zero-order valence-corrected chi connectivity index (χ0v) is 7.10. The Morgan fingerprint density at radius 1 is 1.82 bits per heavy atom. The van der Waals surface area contributed by atoms with Crippen molar-refractivity contribution in [1.82, 2.24) is 4.98 Å². The third-order valence-corrected chi connectivity index (χ3v) is 2.88. The highest BCUT2D eigenvalue weighted by molar-refractivity contribution is 7.11. The summed E-state index contributed by atoms with van der Waals surface area (Å²) in [4.78, 5) is 15.4. The smallest absolute Gasteiger partial charge is 0.194 e. The lowest BCUT2D eigenvalue weighted by atomic mass is 10.2. The van der Waals surface area contributed by atoms with Gasteiger partial charge in [-0.1, -0.05) is 6.92 Å². The van der Waals surface area contributed by atoms with E-state index in [0.717, 1.165) is 6.42 Å². The van der Waals surface area contributed by atoms with E-state index >= 15 is 0 Å². The molecule has 1 aromatic heterocycles. The molecule has 0 aliphatic heterocycles. The van der Waals surface area contributed by atoms with Gasteiger partial charge >= 0.3 is 0 Å². The fraction of sp³-hybridized carbons (Fsp3) is 0.500. The number of aromatic nitrogens is 1. The molecular formula is C8H9NOS. The van der Waals surface area contributed by atoms with Gasteiger partial charge in [-0.2, -0.15) is 0 Å². The van der Waals surface area contributed by atoms with Crippen molar-refractivity contribution in [1.29, 1.82) is 0 Å². The molecule has 2 nitrogen and oxygen atoms in total. The van der Waals surface area contributed by atoms with Crippen LogP contribution in [-0.2, 0) is 0 Å². The van der Waals surface area contributed by atoms with Gasteiger partial charge in [-0.25, -0.2) is 4.98 Å². The lowest BCUT2D eigenvalue weighted by Gasteiger charge is -1.89. The van der Waals surface area contributed by atoms with Crippen molar-refractivity contribution in [3.8, 4) is 0 Å². The fourth-order valence-corrected chi connectivity index (χ4v) is 1.83. The summed E-state index contributed by atoms with van der Waals surface area (Å²) in [6, 6.07) is 0. The Balaban J connectivity index is 2.13. The summed E-state index contributed by atoms with van der Waals surface area (Å²) in [5, 5.41) is 2.53. The maximum absolute atomic E-state index is 11.4. The van der Waals surface area contributed by atoms with Crippen molar-refractivity contribution in [3.63, 3.8) is 0 Å². The van der Waals surface area contributed by atoms with Crippen LogP contribution in [0.2, 0.25) is 0 Å². The summed E-state index contributed by atoms with van der Waals surface area (Å²) < 4.78 is 0. The molecule has 1 saturated carbocycles. The molecule has 2 atom stereocenters. The van der Waals surface area contributed by atoms with E-state index in [1.165, 1.54) is 11.3 Å². The lowest BCUT2D eigenvalue weighted by molar-refractivity contribution is 0.0962. The average Bonchev–Trinajstić information content (AvgIpc) is 2.56. The lowest BCUT2D eigenvalue weighted by Crippen LogP contribution is -2.01. The van der Waals surface area contributed by atoms with Gasteiger partial charge in [-0.15, -0.1) is 11.3 Å². The zero-order valence-electron chi connectivity index (χ0n) is 6.28. The normalized spacial score (nSPS) is 28.5. The van der Waals surface area contributed by atoms with Gasteiger partial charge in [0.25, 0.3) is 0 Å². The summed E-state index contributed by atoms with van der Waals surface area (Å²) >= 11 is 1.44. The third kappa shape index (κ3) is 1.20. The van der Waals surface area contributed by atoms with Gasteiger partial charge in [-0.3, -0.25) is 4.79 Å². The minimum absolute atomic E-state index is 0.243. The first-order valence-corrected chi connectivity index (χ1v) is 4.60. The Morgan fingerprint density at radius 2 is 2.55 bits per heavy atom. The second kappa shape index (κ2) is 2.41. The first kappa shape index (κ1) is 6.98. The molecule has 2 rings (SSSR count). The van der Waals surface area contributed by atoms with E-state index in [1.54, 1.807) is 6.20 Å². The molecule has 2 unspecified atom stereocenters. The van der Waals surface area contributed by atoms with Gasteiger partial charge in [0.05, 0.1) is 0 Å². The van der Waals surface area contributed by atoms with E-state index in [1.807, 2.05) is 5.38 Å². The zero-order chi connectivity index (χ0) is 7.84. The molecule has 0 aromatic carbocycles. The van der Waals surface area contributed by atoms with Crippen LogP contribution in [0.15, 0.2) is 11.6 Å². The Bertz CT molecular complexity index is 268. The summed E-state index contributed by atoms with van der Waals surface area (Å²) in [5.74, 6) is 1.11. The topological polar surface area (TPSA) is 30.0 Å². The highest BCUT2D eigenvalue weighted by Crippen LogP contribution is 2.40. The minimum Gasteiger partial charge on any atom is -0.291 e. The van der Waals surface area contributed by atoms with Gasteiger partial charge in [-0.05, 0) is 12.3 Å². The van der Waals surface area contributed by atoms with Crippen molar-refractivity contribution < 1.29 is 4.79 Å². The Morgan fingerprint density at radius 3 is 3.00 bits per heavy atom. The molecule has 0 radical (unpaired) electrons. The monoisotopic (exact) mass is 167 g/mol. The molecule has 0 spiro atoms. The molecule has 0 N–H and O–H groups in total. The molecule has 1 aliphatic rings. The van der Waals surface area contributed by atoms with E-state index in [2.05, 4.69) is 11.9 Å². The van der Waals surface area contributed by atoms with Crippen LogP contribution < -0.4 is 0 Å². The average molecular weight is 167 g/mol. The first-order valence-electron chi connectivity index (χ1n) is 3.72. The standard InChI is InChI=1S/C8H9NOS/c1-5-4-6(5)7(10)8-9-2-3-11-8/h2-3,5-6H,4H2,1H3. The van der Waals surface area contributed by atoms with Crippen molar-refractivity contribution in [2.45, 2.75) is 13.3 Å². The molecule has 3 heteroatoms. The van der Waals surface area contributed by atoms with Crippen LogP contribution in [0.3, 0.4) is 0 Å². The van der Waals surface area contributed by atoms with Gasteiger partial charge in [0.2, 0.25) is 0 Å². The van der Waals surface area contributed by atoms with Crippen LogP contribution >= 0.6 is 11.3 Å². The molecule has 1 aromatic rings. The number of ketones is 1. The molecule has 58 valence electrons. The molecule has 0 amide bonds. The van der Waals surface area contributed by atoms with Crippen LogP contribution in [0.4, 0.5) is 0 Å². The number of hydrogen-bond acceptors (Lipinski definition) is 3. The first-order chi connectivity index (χ1) is 5.29. The maximum atomic E-state index is 11.4. The van der Waals surface area contributed by atoms with E-state index in [-0.39, 0.29) is 11.7 Å². The predicted molar refractivity (Wildman–Crippen MR) is 43.7 cm³/mol. The summed E-state index contributed by atoms with van der Waals surface area (Å²) in [5.41, 5.74) is 0. The van der Waals surface area contributed by atoms with Crippen LogP contribution in [0.5, 0.6) is 0 Å². The van der Waals surface area contributed by atoms with Crippen molar-refractivity contribution in [2.75, 3.05) is 0 Å². The molecule has 1 fully saturated rings. The quantitative estimate of drug-likeness (QED) is 0.630. The van der Waals surface area contributed by atoms with E-state index < -0.39 is 0 Å². The van der Waals surface area contributed by atoms with E-state index in [0.29, 0.717) is 10.9 Å². The van der Waals surface area contributed by atoms with E-state index in [4.69, 9.17) is 0 Å². The number of hydrogen-bond donors (Lipinski definition) is 0. The molecule has 11 heavy (non-hydrogen) atoms. The van der Waals surface area contributed by atoms with Crippen LogP contribution in [0.1, 0.15) is 23.1 Å². The highest BCUT2D eigenvalue weighted by atomic mass is 32.1. The maximum Gasteiger partial charge on any atom is 0.194 e. The Kier molecular flexibility index (Phi) is 1.53. The minimum atomic E-state index is 0.243. The fourth-order valence-electron chi connectivity index (χ4n) is 1.19. The summed E-state index contributed by atoms with van der Waals surface area (Å²) in [6.07, 6.45) is 2.74. The summed E-state index contributed by atoms with van der Waals surface area (Å²) in [7, 11) is 0. The van der Waals surface area contributed by atoms with E-state index in [9.17, 15) is 4.79 Å². The SMILES string of the molecule is CC1CC1C(=O)c1nccs1. The Hall–Kier alpha value is -0.700. The third-order valence-electron chi connectivity index (χ3n) is 2.09. The molecule has 0 bridgehead atoms. The molecular weight excluding hydrogens is 158 g/mol. The molecule has 0 saturated heterocycles. The van der Waals surface area contributed by atoms with Gasteiger partial charge < -0.3 is 0 Å².